The van der Waals surface area contributed by atoms with Gasteiger partial charge in [-0.15, -0.1) is 0 Å². The summed E-state index contributed by atoms with van der Waals surface area (Å²) in [6.45, 7) is 2.82. The SMILES string of the molecule is CC(=O)O[C@@H]1CCCN(c2ccc(-c3c4cccc(C(F)(F)F)c4nn3Cc3ccc(F)cc3Cl)cc2)C1. The Kier molecular flexibility index (Phi) is 7.05. The van der Waals surface area contributed by atoms with Crippen LogP contribution in [0.15, 0.2) is 60.7 Å². The van der Waals surface area contributed by atoms with Crippen LogP contribution in [-0.2, 0) is 22.3 Å². The van der Waals surface area contributed by atoms with Crippen LogP contribution in [0.5, 0.6) is 0 Å². The zero-order chi connectivity index (χ0) is 27.0. The van der Waals surface area contributed by atoms with Gasteiger partial charge in [0, 0.05) is 35.1 Å². The van der Waals surface area contributed by atoms with Crippen LogP contribution in [0.3, 0.4) is 0 Å². The Morgan fingerprint density at radius 3 is 2.58 bits per heavy atom. The lowest BCUT2D eigenvalue weighted by Crippen LogP contribution is -2.40. The van der Waals surface area contributed by atoms with Gasteiger partial charge in [-0.05, 0) is 48.7 Å². The quantitative estimate of drug-likeness (QED) is 0.198. The van der Waals surface area contributed by atoms with Crippen LogP contribution in [0.4, 0.5) is 23.2 Å². The summed E-state index contributed by atoms with van der Waals surface area (Å²) < 4.78 is 61.9. The molecule has 0 radical (unpaired) electrons. The second-order valence-electron chi connectivity index (χ2n) is 9.31. The maximum Gasteiger partial charge on any atom is 0.418 e. The molecule has 10 heteroatoms. The fourth-order valence-corrected chi connectivity index (χ4v) is 5.17. The van der Waals surface area contributed by atoms with Gasteiger partial charge in [-0.25, -0.2) is 4.39 Å². The van der Waals surface area contributed by atoms with E-state index < -0.39 is 17.6 Å². The van der Waals surface area contributed by atoms with E-state index in [0.717, 1.165) is 37.2 Å². The number of hydrogen-bond donors (Lipinski definition) is 0. The average Bonchev–Trinajstić information content (AvgIpc) is 3.23. The molecule has 5 nitrogen and oxygen atoms in total. The van der Waals surface area contributed by atoms with E-state index in [0.29, 0.717) is 28.8 Å². The molecule has 1 aliphatic heterocycles. The van der Waals surface area contributed by atoms with Gasteiger partial charge < -0.3 is 9.64 Å². The summed E-state index contributed by atoms with van der Waals surface area (Å²) in [6, 6.07) is 15.4. The summed E-state index contributed by atoms with van der Waals surface area (Å²) >= 11 is 6.23. The largest absolute Gasteiger partial charge is 0.461 e. The summed E-state index contributed by atoms with van der Waals surface area (Å²) in [6.07, 6.45) is -3.10. The summed E-state index contributed by atoms with van der Waals surface area (Å²) in [5, 5.41) is 4.86. The van der Waals surface area contributed by atoms with Gasteiger partial charge in [0.1, 0.15) is 17.4 Å². The van der Waals surface area contributed by atoms with Gasteiger partial charge in [0.25, 0.3) is 0 Å². The lowest BCUT2D eigenvalue weighted by molar-refractivity contribution is -0.146. The number of hydrogen-bond acceptors (Lipinski definition) is 4. The Labute approximate surface area is 221 Å². The number of carbonyl (C=O) groups is 1. The Bertz CT molecular complexity index is 1480. The molecular formula is C28H24ClF4N3O2. The number of benzene rings is 3. The van der Waals surface area contributed by atoms with E-state index >= 15 is 0 Å². The maximum atomic E-state index is 13.8. The third kappa shape index (κ3) is 5.34. The monoisotopic (exact) mass is 545 g/mol. The average molecular weight is 546 g/mol. The predicted octanol–water partition coefficient (Wildman–Crippen LogP) is 7.09. The molecule has 1 aliphatic rings. The van der Waals surface area contributed by atoms with Crippen molar-refractivity contribution < 1.29 is 27.1 Å². The molecule has 5 rings (SSSR count). The molecule has 4 aromatic rings. The van der Waals surface area contributed by atoms with E-state index in [1.54, 1.807) is 6.07 Å². The summed E-state index contributed by atoms with van der Waals surface area (Å²) in [4.78, 5) is 13.5. The first kappa shape index (κ1) is 26.0. The third-order valence-electron chi connectivity index (χ3n) is 6.63. The fraction of sp³-hybridized carbons (Fsp3) is 0.286. The van der Waals surface area contributed by atoms with Crippen molar-refractivity contribution in [3.05, 3.63) is 82.6 Å². The standard InChI is InChI=1S/C28H24ClF4N3O2/c1-17(37)38-22-4-3-13-35(16-22)21-11-8-18(9-12-21)27-23-5-2-6-24(28(31,32)33)26(23)34-36(27)15-19-7-10-20(30)14-25(19)29/h2,5-12,14,22H,3-4,13,15-16H2,1H3/t22-/m1/s1. The molecule has 0 saturated carbocycles. The number of alkyl halides is 3. The van der Waals surface area contributed by atoms with Crippen molar-refractivity contribution in [2.75, 3.05) is 18.0 Å². The van der Waals surface area contributed by atoms with E-state index in [2.05, 4.69) is 10.00 Å². The van der Waals surface area contributed by atoms with Crippen molar-refractivity contribution in [1.29, 1.82) is 0 Å². The smallest absolute Gasteiger partial charge is 0.418 e. The molecule has 0 amide bonds. The first-order chi connectivity index (χ1) is 18.1. The molecule has 1 aromatic heterocycles. The summed E-state index contributed by atoms with van der Waals surface area (Å²) in [5.74, 6) is -0.819. The Morgan fingerprint density at radius 2 is 1.89 bits per heavy atom. The highest BCUT2D eigenvalue weighted by Crippen LogP contribution is 2.39. The molecule has 198 valence electrons. The number of rotatable bonds is 5. The third-order valence-corrected chi connectivity index (χ3v) is 6.98. The number of nitrogens with zero attached hydrogens (tertiary/aromatic N) is 3. The van der Waals surface area contributed by atoms with Crippen LogP contribution in [0.25, 0.3) is 22.2 Å². The number of ether oxygens (including phenoxy) is 1. The van der Waals surface area contributed by atoms with Crippen molar-refractivity contribution in [2.45, 2.75) is 38.6 Å². The number of esters is 1. The summed E-state index contributed by atoms with van der Waals surface area (Å²) in [7, 11) is 0. The fourth-order valence-electron chi connectivity index (χ4n) is 4.94. The van der Waals surface area contributed by atoms with Gasteiger partial charge in [-0.1, -0.05) is 41.9 Å². The second kappa shape index (κ2) is 10.3. The highest BCUT2D eigenvalue weighted by molar-refractivity contribution is 6.31. The Morgan fingerprint density at radius 1 is 1.13 bits per heavy atom. The lowest BCUT2D eigenvalue weighted by Gasteiger charge is -2.33. The van der Waals surface area contributed by atoms with Crippen LogP contribution in [0.2, 0.25) is 5.02 Å². The van der Waals surface area contributed by atoms with Gasteiger partial charge in [-0.2, -0.15) is 18.3 Å². The first-order valence-corrected chi connectivity index (χ1v) is 12.5. The van der Waals surface area contributed by atoms with Crippen LogP contribution in [0, 0.1) is 5.82 Å². The minimum atomic E-state index is -4.58. The van der Waals surface area contributed by atoms with Crippen molar-refractivity contribution in [2.24, 2.45) is 0 Å². The van der Waals surface area contributed by atoms with E-state index in [9.17, 15) is 22.4 Å². The van der Waals surface area contributed by atoms with Crippen molar-refractivity contribution >= 4 is 34.2 Å². The molecule has 0 N–H and O–H groups in total. The van der Waals surface area contributed by atoms with E-state index in [-0.39, 0.29) is 29.2 Å². The lowest BCUT2D eigenvalue weighted by atomic mass is 10.0. The number of fused-ring (bicyclic) bond motifs is 1. The molecule has 1 fully saturated rings. The Hall–Kier alpha value is -3.59. The summed E-state index contributed by atoms with van der Waals surface area (Å²) in [5.41, 5.74) is 1.60. The molecule has 1 atom stereocenters. The Balaban J connectivity index is 1.55. The van der Waals surface area contributed by atoms with Gasteiger partial charge in [0.2, 0.25) is 0 Å². The van der Waals surface area contributed by atoms with E-state index in [4.69, 9.17) is 16.3 Å². The van der Waals surface area contributed by atoms with Gasteiger partial charge >= 0.3 is 12.1 Å². The molecule has 3 aromatic carbocycles. The van der Waals surface area contributed by atoms with Gasteiger partial charge in [0.15, 0.2) is 0 Å². The highest BCUT2D eigenvalue weighted by Gasteiger charge is 2.34. The van der Waals surface area contributed by atoms with Gasteiger partial charge in [-0.3, -0.25) is 9.48 Å². The van der Waals surface area contributed by atoms with Crippen LogP contribution >= 0.6 is 11.6 Å². The predicted molar refractivity (Wildman–Crippen MR) is 138 cm³/mol. The number of carbonyl (C=O) groups excluding carboxylic acids is 1. The number of aromatic nitrogens is 2. The minimum Gasteiger partial charge on any atom is -0.461 e. The molecule has 0 aliphatic carbocycles. The van der Waals surface area contributed by atoms with Crippen molar-refractivity contribution in [1.82, 2.24) is 9.78 Å². The molecule has 0 bridgehead atoms. The highest BCUT2D eigenvalue weighted by atomic mass is 35.5. The molecular weight excluding hydrogens is 522 g/mol. The number of piperidine rings is 1. The second-order valence-corrected chi connectivity index (χ2v) is 9.72. The normalized spacial score (nSPS) is 16.2. The zero-order valence-corrected chi connectivity index (χ0v) is 21.2. The first-order valence-electron chi connectivity index (χ1n) is 12.1. The number of anilines is 1. The number of halogens is 5. The van der Waals surface area contributed by atoms with Crippen LogP contribution < -0.4 is 4.90 Å². The van der Waals surface area contributed by atoms with Crippen LogP contribution in [0.1, 0.15) is 30.9 Å². The van der Waals surface area contributed by atoms with Crippen molar-refractivity contribution in [3.63, 3.8) is 0 Å². The van der Waals surface area contributed by atoms with Crippen LogP contribution in [-0.4, -0.2) is 34.9 Å². The van der Waals surface area contributed by atoms with Gasteiger partial charge in [0.05, 0.1) is 24.3 Å². The zero-order valence-electron chi connectivity index (χ0n) is 20.4. The maximum absolute atomic E-state index is 13.8. The molecule has 38 heavy (non-hydrogen) atoms. The van der Waals surface area contributed by atoms with Crippen molar-refractivity contribution in [3.8, 4) is 11.3 Å². The minimum absolute atomic E-state index is 0.0539. The van der Waals surface area contributed by atoms with E-state index in [1.165, 1.54) is 29.8 Å². The van der Waals surface area contributed by atoms with E-state index in [1.807, 2.05) is 24.3 Å². The molecule has 0 unspecified atom stereocenters. The molecule has 1 saturated heterocycles. The molecule has 0 spiro atoms. The topological polar surface area (TPSA) is 47.4 Å². The molecule has 2 heterocycles.